The summed E-state index contributed by atoms with van der Waals surface area (Å²) >= 11 is 4.65. The molecule has 120 valence electrons. The van der Waals surface area contributed by atoms with Crippen LogP contribution in [0.25, 0.3) is 33.6 Å². The lowest BCUT2D eigenvalue weighted by molar-refractivity contribution is 1.27. The van der Waals surface area contributed by atoms with E-state index in [0.717, 1.165) is 27.7 Å². The van der Waals surface area contributed by atoms with Gasteiger partial charge >= 0.3 is 0 Å². The summed E-state index contributed by atoms with van der Waals surface area (Å²) in [7, 11) is 0. The van der Waals surface area contributed by atoms with Gasteiger partial charge in [0.15, 0.2) is 0 Å². The molecule has 0 saturated heterocycles. The molecule has 0 aliphatic heterocycles. The highest BCUT2D eigenvalue weighted by atomic mass is 32.1. The lowest BCUT2D eigenvalue weighted by Crippen LogP contribution is -1.85. The number of hydrogen-bond acceptors (Lipinski definition) is 7. The lowest BCUT2D eigenvalue weighted by atomic mass is 10.2. The third kappa shape index (κ3) is 3.42. The first-order valence-electron chi connectivity index (χ1n) is 7.30. The number of rotatable bonds is 4. The molecule has 0 aliphatic carbocycles. The van der Waals surface area contributed by atoms with Gasteiger partial charge in [0, 0.05) is 27.9 Å². The highest BCUT2D eigenvalue weighted by Gasteiger charge is 2.11. The van der Waals surface area contributed by atoms with Crippen LogP contribution in [-0.4, -0.2) is 15.0 Å². The molecule has 0 spiro atoms. The molecule has 0 bridgehead atoms. The Morgan fingerprint density at radius 3 is 2.76 bits per heavy atom. The summed E-state index contributed by atoms with van der Waals surface area (Å²) < 4.78 is 0. The molecule has 4 nitrogen and oxygen atoms in total. The van der Waals surface area contributed by atoms with Crippen LogP contribution in [0.2, 0.25) is 0 Å². The average molecular weight is 379 g/mol. The highest BCUT2D eigenvalue weighted by molar-refractivity contribution is 7.14. The molecule has 0 unspecified atom stereocenters. The van der Waals surface area contributed by atoms with Gasteiger partial charge in [0.05, 0.1) is 17.0 Å². The van der Waals surface area contributed by atoms with E-state index < -0.39 is 0 Å². The molecule has 0 atom stereocenters. The number of allylic oxidation sites excluding steroid dienone is 1. The average Bonchev–Trinajstić information content (AvgIpc) is 3.41. The van der Waals surface area contributed by atoms with Crippen molar-refractivity contribution in [3.05, 3.63) is 62.7 Å². The van der Waals surface area contributed by atoms with Gasteiger partial charge in [-0.25, -0.2) is 9.97 Å². The minimum atomic E-state index is 0.509. The van der Waals surface area contributed by atoms with Gasteiger partial charge in [0.25, 0.3) is 0 Å². The first-order valence-corrected chi connectivity index (χ1v) is 10.0. The Morgan fingerprint density at radius 1 is 1.04 bits per heavy atom. The summed E-state index contributed by atoms with van der Waals surface area (Å²) in [6.45, 7) is 0. The van der Waals surface area contributed by atoms with Crippen LogP contribution in [0, 0.1) is 11.3 Å². The summed E-state index contributed by atoms with van der Waals surface area (Å²) in [4.78, 5) is 13.4. The quantitative estimate of drug-likeness (QED) is 0.443. The van der Waals surface area contributed by atoms with Crippen molar-refractivity contribution in [2.75, 3.05) is 0 Å². The van der Waals surface area contributed by atoms with Crippen molar-refractivity contribution in [1.29, 1.82) is 5.26 Å². The van der Waals surface area contributed by atoms with Gasteiger partial charge in [-0.2, -0.15) is 16.6 Å². The fourth-order valence-electron chi connectivity index (χ4n) is 2.19. The smallest absolute Gasteiger partial charge is 0.134 e. The molecule has 0 aromatic carbocycles. The van der Waals surface area contributed by atoms with Crippen LogP contribution >= 0.6 is 34.0 Å². The van der Waals surface area contributed by atoms with Crippen molar-refractivity contribution in [2.24, 2.45) is 0 Å². The lowest BCUT2D eigenvalue weighted by Gasteiger charge is -1.94. The zero-order valence-electron chi connectivity index (χ0n) is 12.8. The van der Waals surface area contributed by atoms with Gasteiger partial charge in [0.2, 0.25) is 0 Å². The van der Waals surface area contributed by atoms with Gasteiger partial charge in [-0.15, -0.1) is 22.7 Å². The second kappa shape index (κ2) is 7.07. The Balaban J connectivity index is 1.64. The van der Waals surface area contributed by atoms with E-state index in [4.69, 9.17) is 0 Å². The minimum Gasteiger partial charge on any atom is -0.255 e. The predicted octanol–water partition coefficient (Wildman–Crippen LogP) is 5.45. The van der Waals surface area contributed by atoms with E-state index in [0.29, 0.717) is 10.6 Å². The fraction of sp³-hybridized carbons (Fsp3) is 0. The number of thiophene rings is 1. The van der Waals surface area contributed by atoms with Crippen molar-refractivity contribution in [1.82, 2.24) is 15.0 Å². The molecule has 0 radical (unpaired) electrons. The molecule has 0 aliphatic rings. The first-order chi connectivity index (χ1) is 12.3. The number of nitrogens with zero attached hydrogens (tertiary/aromatic N) is 4. The first kappa shape index (κ1) is 15.8. The molecule has 25 heavy (non-hydrogen) atoms. The van der Waals surface area contributed by atoms with Crippen LogP contribution in [0.4, 0.5) is 0 Å². The molecular formula is C18H10N4S3. The summed E-state index contributed by atoms with van der Waals surface area (Å²) in [5.74, 6) is 0. The molecule has 4 rings (SSSR count). The van der Waals surface area contributed by atoms with Crippen molar-refractivity contribution >= 4 is 45.7 Å². The predicted molar refractivity (Wildman–Crippen MR) is 104 cm³/mol. The molecule has 4 aromatic rings. The number of hydrogen-bond donors (Lipinski definition) is 0. The number of aromatic nitrogens is 3. The monoisotopic (exact) mass is 378 g/mol. The maximum Gasteiger partial charge on any atom is 0.134 e. The number of thiazole rings is 2. The molecule has 4 aromatic heterocycles. The van der Waals surface area contributed by atoms with Crippen LogP contribution < -0.4 is 0 Å². The molecule has 7 heteroatoms. The Hall–Kier alpha value is -2.66. The molecule has 0 amide bonds. The molecule has 0 saturated carbocycles. The largest absolute Gasteiger partial charge is 0.255 e. The molecular weight excluding hydrogens is 368 g/mol. The summed E-state index contributed by atoms with van der Waals surface area (Å²) in [6, 6.07) is 9.97. The van der Waals surface area contributed by atoms with Crippen molar-refractivity contribution in [2.45, 2.75) is 0 Å². The van der Waals surface area contributed by atoms with E-state index in [1.54, 1.807) is 34.9 Å². The van der Waals surface area contributed by atoms with Gasteiger partial charge < -0.3 is 0 Å². The van der Waals surface area contributed by atoms with Crippen LogP contribution in [0.3, 0.4) is 0 Å². The van der Waals surface area contributed by atoms with Gasteiger partial charge in [-0.1, -0.05) is 6.07 Å². The standard InChI is InChI=1S/C18H10N4S3/c19-8-13(7-14-10-24-17(21-14)12-4-6-23-9-12)18-22-16(11-25-18)15-3-1-2-5-20-15/h1-7,9-11H/b13-7+. The van der Waals surface area contributed by atoms with E-state index in [1.165, 1.54) is 11.3 Å². The Labute approximate surface area is 156 Å². The normalized spacial score (nSPS) is 11.4. The van der Waals surface area contributed by atoms with E-state index in [1.807, 2.05) is 40.4 Å². The van der Waals surface area contributed by atoms with Gasteiger partial charge in [0.1, 0.15) is 21.8 Å². The Bertz CT molecular complexity index is 1050. The van der Waals surface area contributed by atoms with E-state index in [-0.39, 0.29) is 0 Å². The second-order valence-electron chi connectivity index (χ2n) is 5.01. The Morgan fingerprint density at radius 2 is 2.00 bits per heavy atom. The number of nitriles is 1. The summed E-state index contributed by atoms with van der Waals surface area (Å²) in [5, 5.41) is 19.1. The minimum absolute atomic E-state index is 0.509. The SMILES string of the molecule is N#C/C(=C\c1csc(-c2ccsc2)n1)c1nc(-c2ccccn2)cs1. The topological polar surface area (TPSA) is 62.5 Å². The fourth-order valence-corrected chi connectivity index (χ4v) is 4.46. The maximum atomic E-state index is 9.52. The zero-order valence-corrected chi connectivity index (χ0v) is 15.2. The van der Waals surface area contributed by atoms with Crippen LogP contribution in [0.15, 0.2) is 52.0 Å². The van der Waals surface area contributed by atoms with Crippen LogP contribution in [0.5, 0.6) is 0 Å². The third-order valence-corrected chi connectivity index (χ3v) is 5.83. The van der Waals surface area contributed by atoms with Crippen LogP contribution in [-0.2, 0) is 0 Å². The van der Waals surface area contributed by atoms with Gasteiger partial charge in [-0.05, 0) is 29.7 Å². The second-order valence-corrected chi connectivity index (χ2v) is 7.51. The third-order valence-electron chi connectivity index (χ3n) is 3.36. The maximum absolute atomic E-state index is 9.52. The van der Waals surface area contributed by atoms with Crippen LogP contribution in [0.1, 0.15) is 10.7 Å². The van der Waals surface area contributed by atoms with Gasteiger partial charge in [-0.3, -0.25) is 4.98 Å². The van der Waals surface area contributed by atoms with Crippen molar-refractivity contribution in [3.63, 3.8) is 0 Å². The summed E-state index contributed by atoms with van der Waals surface area (Å²) in [6.07, 6.45) is 3.52. The van der Waals surface area contributed by atoms with Crippen molar-refractivity contribution < 1.29 is 0 Å². The van der Waals surface area contributed by atoms with E-state index >= 15 is 0 Å². The van der Waals surface area contributed by atoms with E-state index in [9.17, 15) is 5.26 Å². The van der Waals surface area contributed by atoms with E-state index in [2.05, 4.69) is 26.4 Å². The van der Waals surface area contributed by atoms with Crippen molar-refractivity contribution in [3.8, 4) is 28.0 Å². The molecule has 4 heterocycles. The molecule has 0 N–H and O–H groups in total. The Kier molecular flexibility index (Phi) is 4.48. The summed E-state index contributed by atoms with van der Waals surface area (Å²) in [5.41, 5.74) is 3.97. The number of pyridine rings is 1. The zero-order chi connectivity index (χ0) is 17.1. The molecule has 0 fully saturated rings. The highest BCUT2D eigenvalue weighted by Crippen LogP contribution is 2.29.